The summed E-state index contributed by atoms with van der Waals surface area (Å²) in [7, 11) is 3.56. The van der Waals surface area contributed by atoms with Crippen molar-refractivity contribution in [3.63, 3.8) is 0 Å². The molecule has 0 aromatic heterocycles. The van der Waals surface area contributed by atoms with E-state index in [0.29, 0.717) is 0 Å². The number of methoxy groups -OCH3 is 2. The molecule has 4 nitrogen and oxygen atoms in total. The van der Waals surface area contributed by atoms with Gasteiger partial charge in [-0.3, -0.25) is 11.3 Å². The van der Waals surface area contributed by atoms with Crippen LogP contribution >= 0.6 is 0 Å². The third-order valence-corrected chi connectivity index (χ3v) is 4.03. The molecule has 0 radical (unpaired) electrons. The molecule has 0 aromatic carbocycles. The monoisotopic (exact) mass is 244 g/mol. The number of hydrogen-bond donors (Lipinski definition) is 2. The molecule has 0 heterocycles. The van der Waals surface area contributed by atoms with Crippen LogP contribution in [0, 0.1) is 0 Å². The van der Waals surface area contributed by atoms with Crippen LogP contribution in [0.4, 0.5) is 0 Å². The summed E-state index contributed by atoms with van der Waals surface area (Å²) in [4.78, 5) is 0. The summed E-state index contributed by atoms with van der Waals surface area (Å²) in [5.74, 6) is 5.73. The smallest absolute Gasteiger partial charge is 0.0844 e. The SMILES string of the molecule is COCCCC(NN)C1(OC)CCCCCC1. The number of rotatable bonds is 7. The van der Waals surface area contributed by atoms with E-state index in [0.717, 1.165) is 32.3 Å². The Morgan fingerprint density at radius 3 is 2.29 bits per heavy atom. The van der Waals surface area contributed by atoms with Crippen LogP contribution in [0.25, 0.3) is 0 Å². The van der Waals surface area contributed by atoms with Crippen molar-refractivity contribution in [1.29, 1.82) is 0 Å². The Hall–Kier alpha value is -0.160. The highest BCUT2D eigenvalue weighted by Crippen LogP contribution is 2.34. The first kappa shape index (κ1) is 14.9. The predicted octanol–water partition coefficient (Wildman–Crippen LogP) is 1.98. The van der Waals surface area contributed by atoms with E-state index in [9.17, 15) is 0 Å². The summed E-state index contributed by atoms with van der Waals surface area (Å²) in [6, 6.07) is 0.237. The molecule has 0 bridgehead atoms. The lowest BCUT2D eigenvalue weighted by Crippen LogP contribution is -2.54. The van der Waals surface area contributed by atoms with E-state index in [4.69, 9.17) is 15.3 Å². The maximum absolute atomic E-state index is 5.86. The van der Waals surface area contributed by atoms with Crippen molar-refractivity contribution in [3.05, 3.63) is 0 Å². The Morgan fingerprint density at radius 1 is 1.18 bits per heavy atom. The lowest BCUT2D eigenvalue weighted by atomic mass is 9.84. The van der Waals surface area contributed by atoms with E-state index >= 15 is 0 Å². The normalized spacial score (nSPS) is 22.1. The maximum Gasteiger partial charge on any atom is 0.0844 e. The second-order valence-corrected chi connectivity index (χ2v) is 5.04. The molecule has 1 fully saturated rings. The highest BCUT2D eigenvalue weighted by Gasteiger charge is 2.38. The average Bonchev–Trinajstić information content (AvgIpc) is 2.61. The zero-order chi connectivity index (χ0) is 12.6. The first-order chi connectivity index (χ1) is 8.29. The van der Waals surface area contributed by atoms with Crippen molar-refractivity contribution < 1.29 is 9.47 Å². The fraction of sp³-hybridized carbons (Fsp3) is 1.00. The van der Waals surface area contributed by atoms with Crippen LogP contribution in [-0.4, -0.2) is 32.5 Å². The molecule has 0 spiro atoms. The summed E-state index contributed by atoms with van der Waals surface area (Å²) in [6.45, 7) is 0.790. The van der Waals surface area contributed by atoms with Gasteiger partial charge in [0.15, 0.2) is 0 Å². The fourth-order valence-corrected chi connectivity index (χ4v) is 2.95. The van der Waals surface area contributed by atoms with Crippen molar-refractivity contribution in [2.45, 2.75) is 63.0 Å². The third kappa shape index (κ3) is 4.21. The van der Waals surface area contributed by atoms with Gasteiger partial charge < -0.3 is 9.47 Å². The number of nitrogens with two attached hydrogens (primary N) is 1. The van der Waals surface area contributed by atoms with Crippen LogP contribution in [0.5, 0.6) is 0 Å². The molecule has 0 aromatic rings. The van der Waals surface area contributed by atoms with Gasteiger partial charge in [-0.05, 0) is 25.7 Å². The minimum atomic E-state index is -0.0704. The lowest BCUT2D eigenvalue weighted by molar-refractivity contribution is -0.0561. The fourth-order valence-electron chi connectivity index (χ4n) is 2.95. The van der Waals surface area contributed by atoms with E-state index in [1.54, 1.807) is 7.11 Å². The molecule has 4 heteroatoms. The molecule has 1 atom stereocenters. The molecule has 1 saturated carbocycles. The summed E-state index contributed by atoms with van der Waals surface area (Å²) in [5, 5.41) is 0. The summed E-state index contributed by atoms with van der Waals surface area (Å²) < 4.78 is 11.0. The van der Waals surface area contributed by atoms with Crippen LogP contribution < -0.4 is 11.3 Å². The quantitative estimate of drug-likeness (QED) is 0.311. The van der Waals surface area contributed by atoms with Gasteiger partial charge in [0, 0.05) is 20.8 Å². The Labute approximate surface area is 105 Å². The van der Waals surface area contributed by atoms with Gasteiger partial charge >= 0.3 is 0 Å². The van der Waals surface area contributed by atoms with E-state index in [-0.39, 0.29) is 11.6 Å². The highest BCUT2D eigenvalue weighted by molar-refractivity contribution is 4.93. The van der Waals surface area contributed by atoms with Gasteiger partial charge in [0.1, 0.15) is 0 Å². The average molecular weight is 244 g/mol. The summed E-state index contributed by atoms with van der Waals surface area (Å²) >= 11 is 0. The van der Waals surface area contributed by atoms with E-state index < -0.39 is 0 Å². The van der Waals surface area contributed by atoms with Crippen LogP contribution in [0.2, 0.25) is 0 Å². The lowest BCUT2D eigenvalue weighted by Gasteiger charge is -2.39. The van der Waals surface area contributed by atoms with Gasteiger partial charge in [0.2, 0.25) is 0 Å². The highest BCUT2D eigenvalue weighted by atomic mass is 16.5. The molecule has 102 valence electrons. The summed E-state index contributed by atoms with van der Waals surface area (Å²) in [5.41, 5.74) is 2.90. The molecular weight excluding hydrogens is 216 g/mol. The number of nitrogens with one attached hydrogen (secondary N) is 1. The van der Waals surface area contributed by atoms with E-state index in [1.165, 1.54) is 25.7 Å². The molecule has 1 rings (SSSR count). The summed E-state index contributed by atoms with van der Waals surface area (Å²) in [6.07, 6.45) is 9.40. The van der Waals surface area contributed by atoms with Gasteiger partial charge in [-0.15, -0.1) is 0 Å². The van der Waals surface area contributed by atoms with Crippen LogP contribution in [0.3, 0.4) is 0 Å². The second kappa shape index (κ2) is 8.03. The van der Waals surface area contributed by atoms with Crippen molar-refractivity contribution in [2.24, 2.45) is 5.84 Å². The van der Waals surface area contributed by atoms with E-state index in [2.05, 4.69) is 5.43 Å². The first-order valence-electron chi connectivity index (χ1n) is 6.79. The zero-order valence-corrected chi connectivity index (χ0v) is 11.3. The zero-order valence-electron chi connectivity index (χ0n) is 11.3. The molecule has 1 aliphatic carbocycles. The van der Waals surface area contributed by atoms with Gasteiger partial charge in [-0.1, -0.05) is 25.7 Å². The molecule has 0 saturated heterocycles. The van der Waals surface area contributed by atoms with Gasteiger partial charge in [0.25, 0.3) is 0 Å². The number of hydrogen-bond acceptors (Lipinski definition) is 4. The van der Waals surface area contributed by atoms with Crippen LogP contribution in [-0.2, 0) is 9.47 Å². The molecule has 1 unspecified atom stereocenters. The van der Waals surface area contributed by atoms with Gasteiger partial charge in [-0.2, -0.15) is 0 Å². The second-order valence-electron chi connectivity index (χ2n) is 5.04. The standard InChI is InChI=1S/C13H28N2O2/c1-16-11-7-8-12(15-14)13(17-2)9-5-3-4-6-10-13/h12,15H,3-11,14H2,1-2H3. The number of hydrazine groups is 1. The van der Waals surface area contributed by atoms with Crippen LogP contribution in [0.15, 0.2) is 0 Å². The minimum absolute atomic E-state index is 0.0704. The molecule has 3 N–H and O–H groups in total. The topological polar surface area (TPSA) is 56.5 Å². The largest absolute Gasteiger partial charge is 0.385 e. The van der Waals surface area contributed by atoms with Crippen molar-refractivity contribution in [3.8, 4) is 0 Å². The van der Waals surface area contributed by atoms with Gasteiger partial charge in [0.05, 0.1) is 11.6 Å². The third-order valence-electron chi connectivity index (χ3n) is 4.03. The van der Waals surface area contributed by atoms with E-state index in [1.807, 2.05) is 7.11 Å². The van der Waals surface area contributed by atoms with Gasteiger partial charge in [-0.25, -0.2) is 0 Å². The molecular formula is C13H28N2O2. The molecule has 0 amide bonds. The Kier molecular flexibility index (Phi) is 7.04. The first-order valence-corrected chi connectivity index (χ1v) is 6.79. The molecule has 0 aliphatic heterocycles. The maximum atomic E-state index is 5.86. The van der Waals surface area contributed by atoms with Crippen molar-refractivity contribution in [1.82, 2.24) is 5.43 Å². The van der Waals surface area contributed by atoms with Crippen molar-refractivity contribution >= 4 is 0 Å². The Balaban J connectivity index is 2.58. The minimum Gasteiger partial charge on any atom is -0.385 e. The number of ether oxygens (including phenoxy) is 2. The predicted molar refractivity (Wildman–Crippen MR) is 69.7 cm³/mol. The molecule has 1 aliphatic rings. The van der Waals surface area contributed by atoms with Crippen LogP contribution in [0.1, 0.15) is 51.4 Å². The Morgan fingerprint density at radius 2 is 1.82 bits per heavy atom. The Bertz CT molecular complexity index is 192. The van der Waals surface area contributed by atoms with Crippen molar-refractivity contribution in [2.75, 3.05) is 20.8 Å². The molecule has 17 heavy (non-hydrogen) atoms.